The standard InChI is InChI=1S/C15H23N5/c1-5-13-8-14(6-2)20(19-13)15-17-10-12(9-16-7-3)11(4)18-15/h8,10,16H,5-7,9H2,1-4H3. The van der Waals surface area contributed by atoms with E-state index in [9.17, 15) is 0 Å². The molecule has 108 valence electrons. The molecule has 20 heavy (non-hydrogen) atoms. The Hall–Kier alpha value is -1.75. The molecule has 5 nitrogen and oxygen atoms in total. The van der Waals surface area contributed by atoms with Gasteiger partial charge < -0.3 is 5.32 Å². The summed E-state index contributed by atoms with van der Waals surface area (Å²) in [5, 5.41) is 7.88. The van der Waals surface area contributed by atoms with Gasteiger partial charge in [-0.15, -0.1) is 0 Å². The molecule has 0 saturated heterocycles. The van der Waals surface area contributed by atoms with Crippen LogP contribution in [0, 0.1) is 6.92 Å². The number of hydrogen-bond acceptors (Lipinski definition) is 4. The lowest BCUT2D eigenvalue weighted by Crippen LogP contribution is -2.15. The van der Waals surface area contributed by atoms with Gasteiger partial charge in [0.25, 0.3) is 5.95 Å². The third-order valence-corrected chi connectivity index (χ3v) is 3.38. The van der Waals surface area contributed by atoms with Gasteiger partial charge in [-0.1, -0.05) is 20.8 Å². The van der Waals surface area contributed by atoms with Crippen LogP contribution in [-0.4, -0.2) is 26.3 Å². The molecule has 5 heteroatoms. The number of aromatic nitrogens is 4. The number of aryl methyl sites for hydroxylation is 3. The summed E-state index contributed by atoms with van der Waals surface area (Å²) < 4.78 is 1.86. The normalized spacial score (nSPS) is 11.0. The molecule has 0 saturated carbocycles. The maximum absolute atomic E-state index is 4.60. The molecular weight excluding hydrogens is 250 g/mol. The predicted octanol–water partition coefficient (Wildman–Crippen LogP) is 2.21. The number of nitrogens with one attached hydrogen (secondary N) is 1. The van der Waals surface area contributed by atoms with Gasteiger partial charge in [0.2, 0.25) is 0 Å². The summed E-state index contributed by atoms with van der Waals surface area (Å²) in [6.45, 7) is 10.1. The van der Waals surface area contributed by atoms with E-state index in [-0.39, 0.29) is 0 Å². The molecule has 0 aliphatic rings. The van der Waals surface area contributed by atoms with Gasteiger partial charge >= 0.3 is 0 Å². The zero-order chi connectivity index (χ0) is 14.5. The molecule has 0 bridgehead atoms. The van der Waals surface area contributed by atoms with Crippen LogP contribution in [0.2, 0.25) is 0 Å². The summed E-state index contributed by atoms with van der Waals surface area (Å²) in [5.74, 6) is 0.666. The number of nitrogens with zero attached hydrogens (tertiary/aromatic N) is 4. The highest BCUT2D eigenvalue weighted by Crippen LogP contribution is 2.12. The zero-order valence-corrected chi connectivity index (χ0v) is 12.8. The van der Waals surface area contributed by atoms with E-state index in [1.807, 2.05) is 17.8 Å². The summed E-state index contributed by atoms with van der Waals surface area (Å²) >= 11 is 0. The first-order valence-electron chi connectivity index (χ1n) is 7.30. The van der Waals surface area contributed by atoms with Crippen molar-refractivity contribution in [2.45, 2.75) is 47.1 Å². The fourth-order valence-electron chi connectivity index (χ4n) is 2.09. The molecular formula is C15H23N5. The molecule has 0 atom stereocenters. The van der Waals surface area contributed by atoms with E-state index in [0.29, 0.717) is 5.95 Å². The second-order valence-corrected chi connectivity index (χ2v) is 4.81. The fraction of sp³-hybridized carbons (Fsp3) is 0.533. The van der Waals surface area contributed by atoms with Crippen LogP contribution < -0.4 is 5.32 Å². The van der Waals surface area contributed by atoms with Crippen molar-refractivity contribution in [3.05, 3.63) is 34.9 Å². The van der Waals surface area contributed by atoms with Gasteiger partial charge in [-0.25, -0.2) is 14.6 Å². The van der Waals surface area contributed by atoms with Crippen molar-refractivity contribution in [1.29, 1.82) is 0 Å². The monoisotopic (exact) mass is 273 g/mol. The largest absolute Gasteiger partial charge is 0.313 e. The van der Waals surface area contributed by atoms with Crippen molar-refractivity contribution < 1.29 is 0 Å². The molecule has 0 aliphatic heterocycles. The molecule has 1 N–H and O–H groups in total. The van der Waals surface area contributed by atoms with E-state index < -0.39 is 0 Å². The Morgan fingerprint density at radius 2 is 2.00 bits per heavy atom. The summed E-state index contributed by atoms with van der Waals surface area (Å²) in [6.07, 6.45) is 3.75. The Balaban J connectivity index is 2.33. The van der Waals surface area contributed by atoms with E-state index in [4.69, 9.17) is 0 Å². The molecule has 0 aromatic carbocycles. The lowest BCUT2D eigenvalue weighted by atomic mass is 10.2. The molecule has 0 unspecified atom stereocenters. The van der Waals surface area contributed by atoms with E-state index in [0.717, 1.165) is 48.6 Å². The summed E-state index contributed by atoms with van der Waals surface area (Å²) in [7, 11) is 0. The van der Waals surface area contributed by atoms with Crippen LogP contribution in [0.3, 0.4) is 0 Å². The van der Waals surface area contributed by atoms with Crippen LogP contribution in [0.1, 0.15) is 43.4 Å². The average Bonchev–Trinajstić information content (AvgIpc) is 2.89. The predicted molar refractivity (Wildman–Crippen MR) is 80.0 cm³/mol. The molecule has 2 aromatic rings. The first kappa shape index (κ1) is 14.7. The smallest absolute Gasteiger partial charge is 0.250 e. The highest BCUT2D eigenvalue weighted by atomic mass is 15.4. The van der Waals surface area contributed by atoms with E-state index in [1.54, 1.807) is 0 Å². The lowest BCUT2D eigenvalue weighted by molar-refractivity contribution is 0.701. The first-order valence-corrected chi connectivity index (χ1v) is 7.30. The Morgan fingerprint density at radius 3 is 2.60 bits per heavy atom. The highest BCUT2D eigenvalue weighted by Gasteiger charge is 2.11. The summed E-state index contributed by atoms with van der Waals surface area (Å²) in [4.78, 5) is 9.07. The van der Waals surface area contributed by atoms with Crippen LogP contribution in [0.4, 0.5) is 0 Å². The molecule has 2 aromatic heterocycles. The third-order valence-electron chi connectivity index (χ3n) is 3.38. The Kier molecular flexibility index (Phi) is 4.84. The van der Waals surface area contributed by atoms with E-state index in [1.165, 1.54) is 0 Å². The minimum absolute atomic E-state index is 0.666. The van der Waals surface area contributed by atoms with Crippen molar-refractivity contribution in [2.75, 3.05) is 6.54 Å². The lowest BCUT2D eigenvalue weighted by Gasteiger charge is -2.08. The molecule has 0 amide bonds. The molecule has 0 aliphatic carbocycles. The van der Waals surface area contributed by atoms with Crippen molar-refractivity contribution in [2.24, 2.45) is 0 Å². The quantitative estimate of drug-likeness (QED) is 0.876. The van der Waals surface area contributed by atoms with E-state index in [2.05, 4.69) is 47.2 Å². The second kappa shape index (κ2) is 6.61. The maximum Gasteiger partial charge on any atom is 0.250 e. The summed E-state index contributed by atoms with van der Waals surface area (Å²) in [6, 6.07) is 2.13. The number of hydrogen-bond donors (Lipinski definition) is 1. The van der Waals surface area contributed by atoms with Crippen molar-refractivity contribution in [1.82, 2.24) is 25.1 Å². The van der Waals surface area contributed by atoms with Crippen LogP contribution in [0.15, 0.2) is 12.3 Å². The first-order chi connectivity index (χ1) is 9.69. The molecule has 0 fully saturated rings. The van der Waals surface area contributed by atoms with Gasteiger partial charge in [-0.3, -0.25) is 0 Å². The average molecular weight is 273 g/mol. The summed E-state index contributed by atoms with van der Waals surface area (Å²) in [5.41, 5.74) is 4.38. The molecule has 0 spiro atoms. The highest BCUT2D eigenvalue weighted by molar-refractivity contribution is 5.25. The van der Waals surface area contributed by atoms with Gasteiger partial charge in [-0.05, 0) is 32.4 Å². The van der Waals surface area contributed by atoms with Gasteiger partial charge in [-0.2, -0.15) is 5.10 Å². The van der Waals surface area contributed by atoms with Crippen molar-refractivity contribution in [3.63, 3.8) is 0 Å². The Labute approximate surface area is 120 Å². The Bertz CT molecular complexity index is 574. The fourth-order valence-corrected chi connectivity index (χ4v) is 2.09. The van der Waals surface area contributed by atoms with Crippen LogP contribution in [0.5, 0.6) is 0 Å². The second-order valence-electron chi connectivity index (χ2n) is 4.81. The zero-order valence-electron chi connectivity index (χ0n) is 12.8. The van der Waals surface area contributed by atoms with Gasteiger partial charge in [0.1, 0.15) is 0 Å². The molecule has 2 heterocycles. The van der Waals surface area contributed by atoms with E-state index >= 15 is 0 Å². The van der Waals surface area contributed by atoms with Crippen LogP contribution >= 0.6 is 0 Å². The van der Waals surface area contributed by atoms with Crippen LogP contribution in [0.25, 0.3) is 5.95 Å². The molecule has 2 rings (SSSR count). The maximum atomic E-state index is 4.60. The van der Waals surface area contributed by atoms with Crippen molar-refractivity contribution in [3.8, 4) is 5.95 Å². The minimum atomic E-state index is 0.666. The minimum Gasteiger partial charge on any atom is -0.313 e. The van der Waals surface area contributed by atoms with Gasteiger partial charge in [0.15, 0.2) is 0 Å². The topological polar surface area (TPSA) is 55.6 Å². The SMILES string of the molecule is CCNCc1cnc(-n2nc(CC)cc2CC)nc1C. The molecule has 0 radical (unpaired) electrons. The van der Waals surface area contributed by atoms with Crippen molar-refractivity contribution >= 4 is 0 Å². The van der Waals surface area contributed by atoms with Crippen LogP contribution in [-0.2, 0) is 19.4 Å². The third kappa shape index (κ3) is 3.04. The van der Waals surface area contributed by atoms with Gasteiger partial charge in [0.05, 0.1) is 5.69 Å². The number of rotatable bonds is 6. The Morgan fingerprint density at radius 1 is 1.20 bits per heavy atom. The van der Waals surface area contributed by atoms with Gasteiger partial charge in [0, 0.05) is 29.7 Å².